The summed E-state index contributed by atoms with van der Waals surface area (Å²) in [5, 5.41) is 29.4. The average Bonchev–Trinajstić information content (AvgIpc) is 3.00. The number of ether oxygens (including phenoxy) is 1. The Morgan fingerprint density at radius 2 is 1.37 bits per heavy atom. The van der Waals surface area contributed by atoms with Crippen LogP contribution in [0.2, 0.25) is 0 Å². The number of benzene rings is 2. The summed E-state index contributed by atoms with van der Waals surface area (Å²) in [6.07, 6.45) is 3.85. The molecule has 0 saturated carbocycles. The second-order valence-electron chi connectivity index (χ2n) is 12.9. The average molecular weight is 657 g/mol. The highest BCUT2D eigenvalue weighted by molar-refractivity contribution is 5.69. The summed E-state index contributed by atoms with van der Waals surface area (Å²) < 4.78 is 68.9. The maximum Gasteiger partial charge on any atom is 0.453 e. The fraction of sp³-hybridized carbons (Fsp3) is 0.639. The van der Waals surface area contributed by atoms with Gasteiger partial charge in [-0.15, -0.1) is 0 Å². The Bertz CT molecular complexity index is 1220. The van der Waals surface area contributed by atoms with E-state index in [0.717, 1.165) is 74.7 Å². The number of carboxylic acid groups (broad SMARTS) is 1. The Labute approximate surface area is 269 Å². The number of phenolic OH excluding ortho intramolecular Hbond substituents is 2. The van der Waals surface area contributed by atoms with Crippen molar-refractivity contribution in [2.45, 2.75) is 133 Å². The van der Waals surface area contributed by atoms with Gasteiger partial charge in [0.2, 0.25) is 0 Å². The smallest absolute Gasteiger partial charge is 0.453 e. The lowest BCUT2D eigenvalue weighted by Gasteiger charge is -2.45. The molecule has 258 valence electrons. The molecule has 10 heteroatoms. The maximum absolute atomic E-state index is 13.0. The number of aromatic hydroxyl groups is 2. The number of phenols is 2. The van der Waals surface area contributed by atoms with Gasteiger partial charge in [-0.2, -0.15) is 22.0 Å². The number of hydrogen-bond acceptors (Lipinski definition) is 4. The molecule has 0 radical (unpaired) electrons. The maximum atomic E-state index is 13.0. The highest BCUT2D eigenvalue weighted by Crippen LogP contribution is 2.51. The minimum atomic E-state index is -5.53. The molecule has 1 aliphatic heterocycles. The zero-order valence-electron chi connectivity index (χ0n) is 26.8. The Morgan fingerprint density at radius 3 is 1.93 bits per heavy atom. The summed E-state index contributed by atoms with van der Waals surface area (Å²) in [6.45, 7) is 2.66. The number of halogens is 5. The van der Waals surface area contributed by atoms with Crippen LogP contribution in [0, 0.1) is 5.92 Å². The summed E-state index contributed by atoms with van der Waals surface area (Å²) in [6, 6.07) is 12.7. The lowest BCUT2D eigenvalue weighted by atomic mass is 9.63. The molecule has 46 heavy (non-hydrogen) atoms. The quantitative estimate of drug-likeness (QED) is 0.0975. The highest BCUT2D eigenvalue weighted by atomic mass is 19.4. The van der Waals surface area contributed by atoms with E-state index in [2.05, 4.69) is 6.92 Å². The summed E-state index contributed by atoms with van der Waals surface area (Å²) in [5.74, 6) is -4.76. The van der Waals surface area contributed by atoms with Gasteiger partial charge in [0.05, 0.1) is 12.5 Å². The number of carboxylic acids is 1. The van der Waals surface area contributed by atoms with E-state index in [1.54, 1.807) is 24.3 Å². The van der Waals surface area contributed by atoms with Crippen LogP contribution in [0.5, 0.6) is 17.2 Å². The number of alkyl halides is 5. The first-order chi connectivity index (χ1) is 21.8. The highest BCUT2D eigenvalue weighted by Gasteiger charge is 2.56. The minimum Gasteiger partial charge on any atom is -0.508 e. The Morgan fingerprint density at radius 1 is 0.826 bits per heavy atom. The summed E-state index contributed by atoms with van der Waals surface area (Å²) >= 11 is 0. The number of aliphatic carboxylic acids is 1. The van der Waals surface area contributed by atoms with Crippen molar-refractivity contribution in [3.8, 4) is 17.2 Å². The molecule has 3 unspecified atom stereocenters. The van der Waals surface area contributed by atoms with Crippen molar-refractivity contribution in [1.29, 1.82) is 0 Å². The van der Waals surface area contributed by atoms with Gasteiger partial charge in [-0.25, -0.2) is 0 Å². The van der Waals surface area contributed by atoms with Crippen LogP contribution in [0.25, 0.3) is 0 Å². The molecule has 0 aliphatic carbocycles. The SMILES string of the molecule is CCC1(c2ccc(O)cc2)COc2cc(O)ccc2C1CCCCCCCCCC(CCCCCCC(F)(F)C(F)(F)F)C(=O)O. The van der Waals surface area contributed by atoms with Crippen LogP contribution >= 0.6 is 0 Å². The normalized spacial score (nSPS) is 19.0. The molecule has 2 aromatic rings. The van der Waals surface area contributed by atoms with E-state index in [1.807, 2.05) is 18.2 Å². The first-order valence-electron chi connectivity index (χ1n) is 16.7. The van der Waals surface area contributed by atoms with Gasteiger partial charge in [0, 0.05) is 23.8 Å². The molecule has 3 N–H and O–H groups in total. The van der Waals surface area contributed by atoms with E-state index in [1.165, 1.54) is 0 Å². The van der Waals surface area contributed by atoms with Crippen LogP contribution in [-0.4, -0.2) is 40.0 Å². The molecule has 0 amide bonds. The zero-order chi connectivity index (χ0) is 33.8. The third-order valence-electron chi connectivity index (χ3n) is 9.70. The first-order valence-corrected chi connectivity index (χ1v) is 16.7. The van der Waals surface area contributed by atoms with Crippen LogP contribution in [0.3, 0.4) is 0 Å². The molecule has 3 atom stereocenters. The molecule has 2 aromatic carbocycles. The molecule has 0 saturated heterocycles. The molecule has 1 aliphatic rings. The Hall–Kier alpha value is -3.04. The van der Waals surface area contributed by atoms with Crippen LogP contribution in [-0.2, 0) is 10.2 Å². The summed E-state index contributed by atoms with van der Waals surface area (Å²) in [5.41, 5.74) is 1.97. The third kappa shape index (κ3) is 10.2. The number of hydrogen-bond donors (Lipinski definition) is 3. The second kappa shape index (κ2) is 17.2. The van der Waals surface area contributed by atoms with E-state index >= 15 is 0 Å². The molecule has 1 heterocycles. The van der Waals surface area contributed by atoms with Crippen LogP contribution in [0.1, 0.15) is 127 Å². The molecule has 3 rings (SSSR count). The van der Waals surface area contributed by atoms with Gasteiger partial charge < -0.3 is 20.1 Å². The first kappa shape index (κ1) is 37.4. The standard InChI is InChI=1S/C36H49F5O5/c1-2-34(27-17-19-28(42)20-18-27)25-46-32-24-29(43)21-22-30(32)31(34)16-12-7-5-3-4-6-10-14-26(33(44)45)15-11-8-9-13-23-35(37,38)36(39,40)41/h17-22,24,26,31,42-43H,2-16,23,25H2,1H3,(H,44,45). The molecular weight excluding hydrogens is 607 g/mol. The van der Waals surface area contributed by atoms with Crippen molar-refractivity contribution in [3.63, 3.8) is 0 Å². The fourth-order valence-corrected chi connectivity index (χ4v) is 6.85. The van der Waals surface area contributed by atoms with Gasteiger partial charge in [-0.05, 0) is 61.4 Å². The van der Waals surface area contributed by atoms with E-state index in [-0.39, 0.29) is 35.7 Å². The summed E-state index contributed by atoms with van der Waals surface area (Å²) in [4.78, 5) is 11.6. The van der Waals surface area contributed by atoms with Crippen LogP contribution < -0.4 is 4.74 Å². The monoisotopic (exact) mass is 656 g/mol. The molecule has 0 aromatic heterocycles. The lowest BCUT2D eigenvalue weighted by Crippen LogP contribution is -2.42. The van der Waals surface area contributed by atoms with Gasteiger partial charge in [0.15, 0.2) is 0 Å². The van der Waals surface area contributed by atoms with Gasteiger partial charge in [0.1, 0.15) is 17.2 Å². The van der Waals surface area contributed by atoms with Gasteiger partial charge in [-0.3, -0.25) is 4.79 Å². The predicted octanol–water partition coefficient (Wildman–Crippen LogP) is 10.7. The van der Waals surface area contributed by atoms with Crippen LogP contribution in [0.4, 0.5) is 22.0 Å². The topological polar surface area (TPSA) is 87.0 Å². The number of unbranched alkanes of at least 4 members (excludes halogenated alkanes) is 9. The van der Waals surface area contributed by atoms with Gasteiger partial charge >= 0.3 is 18.1 Å². The third-order valence-corrected chi connectivity index (χ3v) is 9.70. The molecular formula is C36H49F5O5. The zero-order valence-corrected chi connectivity index (χ0v) is 26.8. The van der Waals surface area contributed by atoms with Crippen LogP contribution in [0.15, 0.2) is 42.5 Å². The molecule has 5 nitrogen and oxygen atoms in total. The Balaban J connectivity index is 1.37. The largest absolute Gasteiger partial charge is 0.508 e. The fourth-order valence-electron chi connectivity index (χ4n) is 6.85. The van der Waals surface area contributed by atoms with E-state index < -0.39 is 30.4 Å². The van der Waals surface area contributed by atoms with Crippen molar-refractivity contribution in [2.24, 2.45) is 5.92 Å². The van der Waals surface area contributed by atoms with E-state index in [4.69, 9.17) is 4.74 Å². The van der Waals surface area contributed by atoms with Crippen molar-refractivity contribution in [2.75, 3.05) is 6.61 Å². The van der Waals surface area contributed by atoms with E-state index in [9.17, 15) is 42.1 Å². The van der Waals surface area contributed by atoms with Gasteiger partial charge in [0.25, 0.3) is 0 Å². The number of rotatable bonds is 20. The minimum absolute atomic E-state index is 0.175. The van der Waals surface area contributed by atoms with Gasteiger partial charge in [-0.1, -0.05) is 89.3 Å². The van der Waals surface area contributed by atoms with Crippen molar-refractivity contribution < 1.29 is 46.8 Å². The molecule has 0 spiro atoms. The van der Waals surface area contributed by atoms with E-state index in [0.29, 0.717) is 32.3 Å². The predicted molar refractivity (Wildman–Crippen MR) is 168 cm³/mol. The van der Waals surface area contributed by atoms with Crippen molar-refractivity contribution >= 4 is 5.97 Å². The number of fused-ring (bicyclic) bond motifs is 1. The number of carbonyl (C=O) groups is 1. The second-order valence-corrected chi connectivity index (χ2v) is 12.9. The lowest BCUT2D eigenvalue weighted by molar-refractivity contribution is -0.284. The summed E-state index contributed by atoms with van der Waals surface area (Å²) in [7, 11) is 0. The van der Waals surface area contributed by atoms with Crippen molar-refractivity contribution in [3.05, 3.63) is 53.6 Å². The molecule has 0 bridgehead atoms. The Kier molecular flexibility index (Phi) is 14.0. The van der Waals surface area contributed by atoms with Crippen molar-refractivity contribution in [1.82, 2.24) is 0 Å². The molecule has 0 fully saturated rings.